The fourth-order valence-corrected chi connectivity index (χ4v) is 2.92. The summed E-state index contributed by atoms with van der Waals surface area (Å²) in [5.74, 6) is -0.404. The van der Waals surface area contributed by atoms with Gasteiger partial charge in [0, 0.05) is 12.0 Å². The molecule has 0 atom stereocenters. The highest BCUT2D eigenvalue weighted by Crippen LogP contribution is 2.11. The zero-order valence-corrected chi connectivity index (χ0v) is 16.6. The first kappa shape index (κ1) is 22.2. The largest absolute Gasteiger partial charge is 0.273 e. The van der Waals surface area contributed by atoms with Crippen LogP contribution in [-0.2, 0) is 4.79 Å². The van der Waals surface area contributed by atoms with Crippen molar-refractivity contribution in [2.24, 2.45) is 0 Å². The van der Waals surface area contributed by atoms with Gasteiger partial charge in [-0.25, -0.2) is 0 Å². The highest BCUT2D eigenvalue weighted by molar-refractivity contribution is 5.95. The molecule has 1 aromatic rings. The summed E-state index contributed by atoms with van der Waals surface area (Å²) in [5, 5.41) is 0. The molecule has 0 saturated heterocycles. The molecule has 4 nitrogen and oxygen atoms in total. The minimum atomic E-state index is -0.280. The normalized spacial score (nSPS) is 10.5. The molecule has 0 saturated carbocycles. The third-order valence-corrected chi connectivity index (χ3v) is 4.64. The van der Waals surface area contributed by atoms with Gasteiger partial charge in [-0.3, -0.25) is 20.4 Å². The number of hydrogen-bond donors (Lipinski definition) is 2. The van der Waals surface area contributed by atoms with Crippen molar-refractivity contribution in [1.29, 1.82) is 0 Å². The summed E-state index contributed by atoms with van der Waals surface area (Å²) in [4.78, 5) is 23.7. The highest BCUT2D eigenvalue weighted by atomic mass is 16.2. The van der Waals surface area contributed by atoms with Crippen LogP contribution in [0.15, 0.2) is 24.3 Å². The second-order valence-electron chi connectivity index (χ2n) is 7.15. The van der Waals surface area contributed by atoms with E-state index in [2.05, 4.69) is 17.8 Å². The molecule has 0 aliphatic rings. The van der Waals surface area contributed by atoms with E-state index in [1.54, 1.807) is 12.1 Å². The van der Waals surface area contributed by atoms with E-state index in [1.165, 1.54) is 57.8 Å². The summed E-state index contributed by atoms with van der Waals surface area (Å²) < 4.78 is 0. The molecule has 2 N–H and O–H groups in total. The van der Waals surface area contributed by atoms with Crippen LogP contribution in [0.4, 0.5) is 0 Å². The molecule has 0 heterocycles. The Labute approximate surface area is 159 Å². The van der Waals surface area contributed by atoms with Gasteiger partial charge in [-0.1, -0.05) is 88.8 Å². The molecule has 0 bridgehead atoms. The van der Waals surface area contributed by atoms with Gasteiger partial charge in [-0.15, -0.1) is 0 Å². The minimum absolute atomic E-state index is 0.124. The molecule has 4 heteroatoms. The second kappa shape index (κ2) is 14.3. The predicted octanol–water partition coefficient (Wildman–Crippen LogP) is 5.46. The molecule has 0 spiro atoms. The van der Waals surface area contributed by atoms with E-state index in [4.69, 9.17) is 0 Å². The van der Waals surface area contributed by atoms with E-state index in [0.717, 1.165) is 18.4 Å². The number of nitrogens with one attached hydrogen (secondary N) is 2. The predicted molar refractivity (Wildman–Crippen MR) is 108 cm³/mol. The van der Waals surface area contributed by atoms with Gasteiger partial charge in [0.1, 0.15) is 0 Å². The Hall–Kier alpha value is -1.84. The Bertz CT molecular complexity index is 511. The maximum atomic E-state index is 11.9. The third kappa shape index (κ3) is 10.9. The Morgan fingerprint density at radius 2 is 1.23 bits per heavy atom. The van der Waals surface area contributed by atoms with Crippen molar-refractivity contribution in [2.45, 2.75) is 90.9 Å². The summed E-state index contributed by atoms with van der Waals surface area (Å²) in [6, 6.07) is 7.26. The lowest BCUT2D eigenvalue weighted by Crippen LogP contribution is -2.41. The molecule has 2 amide bonds. The van der Waals surface area contributed by atoms with E-state index in [9.17, 15) is 9.59 Å². The molecular weight excluding hydrogens is 324 g/mol. The van der Waals surface area contributed by atoms with E-state index in [1.807, 2.05) is 19.1 Å². The lowest BCUT2D eigenvalue weighted by molar-refractivity contribution is -0.122. The molecule has 1 rings (SSSR count). The number of hydrazine groups is 1. The molecule has 1 aromatic carbocycles. The van der Waals surface area contributed by atoms with Crippen molar-refractivity contribution < 1.29 is 9.59 Å². The fraction of sp³-hybridized carbons (Fsp3) is 0.636. The van der Waals surface area contributed by atoms with Crippen LogP contribution in [0.3, 0.4) is 0 Å². The first-order chi connectivity index (χ1) is 12.6. The number of hydrogen-bond acceptors (Lipinski definition) is 2. The lowest BCUT2D eigenvalue weighted by Gasteiger charge is -2.07. The molecule has 0 aliphatic carbocycles. The van der Waals surface area contributed by atoms with Crippen LogP contribution < -0.4 is 10.9 Å². The van der Waals surface area contributed by atoms with Crippen molar-refractivity contribution in [1.82, 2.24) is 10.9 Å². The SMILES string of the molecule is CCCCCCCCCCCCCC(=O)NNC(=O)c1ccc(C)cc1. The average Bonchev–Trinajstić information content (AvgIpc) is 2.64. The molecule has 0 aromatic heterocycles. The van der Waals surface area contributed by atoms with Gasteiger partial charge in [-0.2, -0.15) is 0 Å². The van der Waals surface area contributed by atoms with Crippen LogP contribution in [0, 0.1) is 6.92 Å². The molecule has 0 radical (unpaired) electrons. The standard InChI is InChI=1S/C22H36N2O2/c1-3-4-5-6-7-8-9-10-11-12-13-14-21(25)23-24-22(26)20-17-15-19(2)16-18-20/h15-18H,3-14H2,1-2H3,(H,23,25)(H,24,26). The molecule has 0 fully saturated rings. The maximum absolute atomic E-state index is 11.9. The molecule has 0 unspecified atom stereocenters. The molecular formula is C22H36N2O2. The molecule has 146 valence electrons. The first-order valence-electron chi connectivity index (χ1n) is 10.3. The highest BCUT2D eigenvalue weighted by Gasteiger charge is 2.06. The van der Waals surface area contributed by atoms with Gasteiger partial charge >= 0.3 is 0 Å². The Morgan fingerprint density at radius 1 is 0.731 bits per heavy atom. The van der Waals surface area contributed by atoms with Crippen molar-refractivity contribution in [3.63, 3.8) is 0 Å². The summed E-state index contributed by atoms with van der Waals surface area (Å²) in [6.07, 6.45) is 14.3. The van der Waals surface area contributed by atoms with Crippen LogP contribution in [0.2, 0.25) is 0 Å². The Kier molecular flexibility index (Phi) is 12.2. The number of amides is 2. The quantitative estimate of drug-likeness (QED) is 0.362. The van der Waals surface area contributed by atoms with E-state index in [-0.39, 0.29) is 11.8 Å². The zero-order valence-electron chi connectivity index (χ0n) is 16.6. The summed E-state index contributed by atoms with van der Waals surface area (Å²) in [5.41, 5.74) is 6.61. The maximum Gasteiger partial charge on any atom is 0.269 e. The van der Waals surface area contributed by atoms with Gasteiger partial charge in [0.15, 0.2) is 0 Å². The topological polar surface area (TPSA) is 58.2 Å². The van der Waals surface area contributed by atoms with Gasteiger partial charge in [0.25, 0.3) is 5.91 Å². The van der Waals surface area contributed by atoms with Crippen LogP contribution in [0.1, 0.15) is 99.9 Å². The Morgan fingerprint density at radius 3 is 1.77 bits per heavy atom. The van der Waals surface area contributed by atoms with Gasteiger partial charge < -0.3 is 0 Å². The summed E-state index contributed by atoms with van der Waals surface area (Å²) in [6.45, 7) is 4.22. The first-order valence-corrected chi connectivity index (χ1v) is 10.3. The van der Waals surface area contributed by atoms with Crippen LogP contribution >= 0.6 is 0 Å². The van der Waals surface area contributed by atoms with Gasteiger partial charge in [0.05, 0.1) is 0 Å². The fourth-order valence-electron chi connectivity index (χ4n) is 2.92. The number of rotatable bonds is 13. The van der Waals surface area contributed by atoms with Crippen LogP contribution in [-0.4, -0.2) is 11.8 Å². The van der Waals surface area contributed by atoms with Crippen molar-refractivity contribution >= 4 is 11.8 Å². The monoisotopic (exact) mass is 360 g/mol. The van der Waals surface area contributed by atoms with Gasteiger partial charge in [-0.05, 0) is 25.5 Å². The van der Waals surface area contributed by atoms with Crippen LogP contribution in [0.5, 0.6) is 0 Å². The smallest absolute Gasteiger partial charge is 0.269 e. The third-order valence-electron chi connectivity index (χ3n) is 4.64. The number of carbonyl (C=O) groups is 2. The van der Waals surface area contributed by atoms with E-state index in [0.29, 0.717) is 12.0 Å². The second-order valence-corrected chi connectivity index (χ2v) is 7.15. The van der Waals surface area contributed by atoms with Crippen molar-refractivity contribution in [3.05, 3.63) is 35.4 Å². The number of carbonyl (C=O) groups excluding carboxylic acids is 2. The zero-order chi connectivity index (χ0) is 19.0. The molecule has 0 aliphatic heterocycles. The average molecular weight is 361 g/mol. The van der Waals surface area contributed by atoms with Crippen molar-refractivity contribution in [2.75, 3.05) is 0 Å². The number of aryl methyl sites for hydroxylation is 1. The van der Waals surface area contributed by atoms with Crippen molar-refractivity contribution in [3.8, 4) is 0 Å². The van der Waals surface area contributed by atoms with E-state index >= 15 is 0 Å². The number of unbranched alkanes of at least 4 members (excludes halogenated alkanes) is 10. The minimum Gasteiger partial charge on any atom is -0.273 e. The molecule has 26 heavy (non-hydrogen) atoms. The van der Waals surface area contributed by atoms with Gasteiger partial charge in [0.2, 0.25) is 5.91 Å². The summed E-state index contributed by atoms with van der Waals surface area (Å²) >= 11 is 0. The van der Waals surface area contributed by atoms with Crippen LogP contribution in [0.25, 0.3) is 0 Å². The summed E-state index contributed by atoms with van der Waals surface area (Å²) in [7, 11) is 0. The lowest BCUT2D eigenvalue weighted by atomic mass is 10.1. The van der Waals surface area contributed by atoms with E-state index < -0.39 is 0 Å². The Balaban J connectivity index is 1.95. The number of benzene rings is 1.